The predicted octanol–water partition coefficient (Wildman–Crippen LogP) is 3.60. The number of rotatable bonds is 5. The van der Waals surface area contributed by atoms with E-state index in [1.54, 1.807) is 24.3 Å². The summed E-state index contributed by atoms with van der Waals surface area (Å²) in [6.45, 7) is 3.65. The summed E-state index contributed by atoms with van der Waals surface area (Å²) in [5.74, 6) is -0.661. The Bertz CT molecular complexity index is 642. The number of benzene rings is 2. The predicted molar refractivity (Wildman–Crippen MR) is 81.6 cm³/mol. The molecule has 0 bridgehead atoms. The van der Waals surface area contributed by atoms with Gasteiger partial charge in [0.25, 0.3) is 0 Å². The van der Waals surface area contributed by atoms with Crippen LogP contribution in [0.5, 0.6) is 0 Å². The number of esters is 1. The molecule has 21 heavy (non-hydrogen) atoms. The number of ether oxygens (including phenoxy) is 1. The number of hydrogen-bond donors (Lipinski definition) is 0. The second-order valence-corrected chi connectivity index (χ2v) is 4.86. The molecule has 3 heteroatoms. The average Bonchev–Trinajstić information content (AvgIpc) is 2.52. The molecule has 2 rings (SSSR count). The van der Waals surface area contributed by atoms with Crippen LogP contribution in [-0.4, -0.2) is 18.4 Å². The number of carbonyl (C=O) groups is 2. The molecule has 2 aromatic carbocycles. The van der Waals surface area contributed by atoms with Crippen LogP contribution < -0.4 is 0 Å². The van der Waals surface area contributed by atoms with Crippen molar-refractivity contribution < 1.29 is 14.3 Å². The maximum Gasteiger partial charge on any atom is 0.338 e. The van der Waals surface area contributed by atoms with E-state index in [-0.39, 0.29) is 12.4 Å². The minimum atomic E-state index is -0.466. The summed E-state index contributed by atoms with van der Waals surface area (Å²) in [7, 11) is 0. The average molecular weight is 282 g/mol. The second kappa shape index (κ2) is 6.84. The first-order valence-electron chi connectivity index (χ1n) is 6.96. The van der Waals surface area contributed by atoms with E-state index in [2.05, 4.69) is 6.92 Å². The fourth-order valence-corrected chi connectivity index (χ4v) is 2.02. The molecule has 0 heterocycles. The van der Waals surface area contributed by atoms with Crippen molar-refractivity contribution in [3.63, 3.8) is 0 Å². The molecule has 0 amide bonds. The van der Waals surface area contributed by atoms with Gasteiger partial charge < -0.3 is 4.74 Å². The Hall–Kier alpha value is -2.42. The van der Waals surface area contributed by atoms with Crippen molar-refractivity contribution in [1.29, 1.82) is 0 Å². The fourth-order valence-electron chi connectivity index (χ4n) is 2.02. The number of Topliss-reactive ketones (excluding diaryl/α,β-unsaturated/α-hetero) is 1. The largest absolute Gasteiger partial charge is 0.454 e. The Kier molecular flexibility index (Phi) is 4.88. The van der Waals surface area contributed by atoms with Gasteiger partial charge in [-0.15, -0.1) is 0 Å². The molecule has 0 spiro atoms. The first-order chi connectivity index (χ1) is 10.1. The zero-order valence-corrected chi connectivity index (χ0v) is 12.3. The summed E-state index contributed by atoms with van der Waals surface area (Å²) in [6.07, 6.45) is 0.927. The highest BCUT2D eigenvalue weighted by atomic mass is 16.5. The van der Waals surface area contributed by atoms with Crippen molar-refractivity contribution >= 4 is 11.8 Å². The molecule has 0 aromatic heterocycles. The lowest BCUT2D eigenvalue weighted by Crippen LogP contribution is -2.15. The lowest BCUT2D eigenvalue weighted by molar-refractivity contribution is 0.0474. The third-order valence-corrected chi connectivity index (χ3v) is 3.38. The molecule has 0 radical (unpaired) electrons. The maximum absolute atomic E-state index is 12.0. The summed E-state index contributed by atoms with van der Waals surface area (Å²) in [6, 6.07) is 14.5. The molecule has 0 N–H and O–H groups in total. The van der Waals surface area contributed by atoms with Crippen LogP contribution in [0.25, 0.3) is 0 Å². The van der Waals surface area contributed by atoms with E-state index in [4.69, 9.17) is 4.74 Å². The highest BCUT2D eigenvalue weighted by Crippen LogP contribution is 2.10. The van der Waals surface area contributed by atoms with Crippen LogP contribution in [0.15, 0.2) is 48.5 Å². The van der Waals surface area contributed by atoms with E-state index < -0.39 is 5.97 Å². The van der Waals surface area contributed by atoms with E-state index in [1.807, 2.05) is 31.2 Å². The van der Waals surface area contributed by atoms with E-state index in [1.165, 1.54) is 5.56 Å². The molecule has 0 atom stereocenters. The van der Waals surface area contributed by atoms with Crippen LogP contribution in [0.2, 0.25) is 0 Å². The van der Waals surface area contributed by atoms with Gasteiger partial charge in [0, 0.05) is 5.56 Å². The summed E-state index contributed by atoms with van der Waals surface area (Å²) < 4.78 is 5.09. The molecule has 2 aromatic rings. The van der Waals surface area contributed by atoms with Gasteiger partial charge in [-0.2, -0.15) is 0 Å². The topological polar surface area (TPSA) is 43.4 Å². The first-order valence-corrected chi connectivity index (χ1v) is 6.96. The van der Waals surface area contributed by atoms with Crippen molar-refractivity contribution in [1.82, 2.24) is 0 Å². The van der Waals surface area contributed by atoms with E-state index in [0.717, 1.165) is 12.0 Å². The molecule has 0 aliphatic rings. The first kappa shape index (κ1) is 15.0. The van der Waals surface area contributed by atoms with Crippen molar-refractivity contribution in [3.8, 4) is 0 Å². The van der Waals surface area contributed by atoms with Crippen LogP contribution in [0.4, 0.5) is 0 Å². The summed E-state index contributed by atoms with van der Waals surface area (Å²) in [5, 5.41) is 0. The Labute approximate surface area is 124 Å². The highest BCUT2D eigenvalue weighted by Gasteiger charge is 2.13. The van der Waals surface area contributed by atoms with Gasteiger partial charge in [0.15, 0.2) is 12.4 Å². The molecular formula is C18H18O3. The molecule has 0 aliphatic heterocycles. The highest BCUT2D eigenvalue weighted by molar-refractivity contribution is 5.99. The summed E-state index contributed by atoms with van der Waals surface area (Å²) >= 11 is 0. The maximum atomic E-state index is 12.0. The molecule has 108 valence electrons. The van der Waals surface area contributed by atoms with Gasteiger partial charge in [0.05, 0.1) is 5.56 Å². The van der Waals surface area contributed by atoms with Gasteiger partial charge in [-0.1, -0.05) is 49.4 Å². The fraction of sp³-hybridized carbons (Fsp3) is 0.222. The monoisotopic (exact) mass is 282 g/mol. The number of carbonyl (C=O) groups excluding carboxylic acids is 2. The van der Waals surface area contributed by atoms with Crippen molar-refractivity contribution in [2.75, 3.05) is 6.61 Å². The number of ketones is 1. The van der Waals surface area contributed by atoms with Gasteiger partial charge in [-0.05, 0) is 30.5 Å². The lowest BCUT2D eigenvalue weighted by atomic mass is 10.1. The molecular weight excluding hydrogens is 264 g/mol. The van der Waals surface area contributed by atoms with Crippen LogP contribution in [0.1, 0.15) is 38.8 Å². The Balaban J connectivity index is 1.97. The second-order valence-electron chi connectivity index (χ2n) is 4.86. The SMILES string of the molecule is CCc1ccc(C(=O)COC(=O)c2ccccc2C)cc1. The van der Waals surface area contributed by atoms with E-state index >= 15 is 0 Å². The minimum Gasteiger partial charge on any atom is -0.454 e. The van der Waals surface area contributed by atoms with Gasteiger partial charge in [0.1, 0.15) is 0 Å². The van der Waals surface area contributed by atoms with Crippen LogP contribution in [-0.2, 0) is 11.2 Å². The molecule has 3 nitrogen and oxygen atoms in total. The van der Waals surface area contributed by atoms with Crippen molar-refractivity contribution in [3.05, 3.63) is 70.8 Å². The molecule has 0 saturated heterocycles. The smallest absolute Gasteiger partial charge is 0.338 e. The molecule has 0 unspecified atom stereocenters. The Morgan fingerprint density at radius 3 is 2.29 bits per heavy atom. The van der Waals surface area contributed by atoms with Crippen molar-refractivity contribution in [2.45, 2.75) is 20.3 Å². The molecule has 0 aliphatic carbocycles. The zero-order valence-electron chi connectivity index (χ0n) is 12.3. The molecule has 0 fully saturated rings. The van der Waals surface area contributed by atoms with Gasteiger partial charge in [-0.3, -0.25) is 4.79 Å². The van der Waals surface area contributed by atoms with E-state index in [0.29, 0.717) is 11.1 Å². The standard InChI is InChI=1S/C18H18O3/c1-3-14-8-10-15(11-9-14)17(19)12-21-18(20)16-7-5-4-6-13(16)2/h4-11H,3,12H2,1-2H3. The third-order valence-electron chi connectivity index (χ3n) is 3.38. The van der Waals surface area contributed by atoms with Crippen LogP contribution in [0, 0.1) is 6.92 Å². The Morgan fingerprint density at radius 1 is 1.00 bits per heavy atom. The van der Waals surface area contributed by atoms with Crippen LogP contribution >= 0.6 is 0 Å². The number of aryl methyl sites for hydroxylation is 2. The minimum absolute atomic E-state index is 0.195. The van der Waals surface area contributed by atoms with Gasteiger partial charge >= 0.3 is 5.97 Å². The molecule has 0 saturated carbocycles. The summed E-state index contributed by atoms with van der Waals surface area (Å²) in [5.41, 5.74) is 3.06. The van der Waals surface area contributed by atoms with Crippen molar-refractivity contribution in [2.24, 2.45) is 0 Å². The number of hydrogen-bond acceptors (Lipinski definition) is 3. The van der Waals surface area contributed by atoms with Gasteiger partial charge in [-0.25, -0.2) is 4.79 Å². The quantitative estimate of drug-likeness (QED) is 0.621. The van der Waals surface area contributed by atoms with E-state index in [9.17, 15) is 9.59 Å². The lowest BCUT2D eigenvalue weighted by Gasteiger charge is -2.07. The zero-order chi connectivity index (χ0) is 15.2. The van der Waals surface area contributed by atoms with Gasteiger partial charge in [0.2, 0.25) is 0 Å². The normalized spacial score (nSPS) is 10.2. The van der Waals surface area contributed by atoms with Crippen LogP contribution in [0.3, 0.4) is 0 Å². The Morgan fingerprint density at radius 2 is 1.67 bits per heavy atom. The third kappa shape index (κ3) is 3.78. The summed E-state index contributed by atoms with van der Waals surface area (Å²) in [4.78, 5) is 23.9.